The molecule has 0 spiro atoms. The van der Waals surface area contributed by atoms with E-state index in [0.717, 1.165) is 5.57 Å². The lowest BCUT2D eigenvalue weighted by Crippen LogP contribution is -2.30. The maximum absolute atomic E-state index is 12.7. The van der Waals surface area contributed by atoms with E-state index < -0.39 is 5.97 Å². The number of urea groups is 1. The molecule has 0 aromatic heterocycles. The summed E-state index contributed by atoms with van der Waals surface area (Å²) in [6, 6.07) is 11.9. The van der Waals surface area contributed by atoms with Crippen LogP contribution in [0.2, 0.25) is 0 Å². The number of benzene rings is 2. The van der Waals surface area contributed by atoms with Crippen LogP contribution in [0.5, 0.6) is 11.5 Å². The minimum absolute atomic E-state index is 0.0395. The van der Waals surface area contributed by atoms with Gasteiger partial charge in [-0.15, -0.1) is 0 Å². The number of amides is 2. The molecule has 2 aromatic rings. The highest BCUT2D eigenvalue weighted by molar-refractivity contribution is 5.97. The predicted octanol–water partition coefficient (Wildman–Crippen LogP) is 5.24. The van der Waals surface area contributed by atoms with Gasteiger partial charge in [0.25, 0.3) is 0 Å². The molecule has 8 heteroatoms. The molecule has 3 rings (SSSR count). The lowest BCUT2D eigenvalue weighted by molar-refractivity contribution is -0.118. The zero-order valence-corrected chi connectivity index (χ0v) is 20.4. The van der Waals surface area contributed by atoms with Gasteiger partial charge < -0.3 is 25.2 Å². The fraction of sp³-hybridized carbons (Fsp3) is 0.321. The van der Waals surface area contributed by atoms with Crippen molar-refractivity contribution in [3.05, 3.63) is 71.3 Å². The van der Waals surface area contributed by atoms with Gasteiger partial charge in [0, 0.05) is 31.1 Å². The third-order valence-electron chi connectivity index (χ3n) is 5.47. The highest BCUT2D eigenvalue weighted by Gasteiger charge is 2.19. The van der Waals surface area contributed by atoms with Crippen molar-refractivity contribution in [2.24, 2.45) is 0 Å². The van der Waals surface area contributed by atoms with Crippen LogP contribution in [-0.2, 0) is 9.53 Å². The number of ether oxygens (including phenoxy) is 2. The Morgan fingerprint density at radius 3 is 2.78 bits per heavy atom. The van der Waals surface area contributed by atoms with Crippen molar-refractivity contribution in [1.29, 1.82) is 0 Å². The lowest BCUT2D eigenvalue weighted by atomic mass is 10.0. The molecule has 0 bridgehead atoms. The van der Waals surface area contributed by atoms with Gasteiger partial charge in [-0.1, -0.05) is 36.4 Å². The van der Waals surface area contributed by atoms with E-state index in [-0.39, 0.29) is 29.7 Å². The van der Waals surface area contributed by atoms with E-state index in [4.69, 9.17) is 9.47 Å². The molecular weight excluding hydrogens is 460 g/mol. The van der Waals surface area contributed by atoms with Gasteiger partial charge in [0.2, 0.25) is 0 Å². The molecule has 2 aromatic carbocycles. The van der Waals surface area contributed by atoms with Crippen LogP contribution in [0, 0.1) is 0 Å². The normalized spacial score (nSPS) is 14.6. The second kappa shape index (κ2) is 13.7. The van der Waals surface area contributed by atoms with Crippen molar-refractivity contribution < 1.29 is 29.0 Å². The Morgan fingerprint density at radius 1 is 1.17 bits per heavy atom. The molecule has 0 saturated carbocycles. The summed E-state index contributed by atoms with van der Waals surface area (Å²) < 4.78 is 11.1. The molecule has 1 aliphatic heterocycles. The number of cyclic esters (lactones) is 1. The van der Waals surface area contributed by atoms with Gasteiger partial charge in [-0.3, -0.25) is 4.79 Å². The minimum Gasteiger partial charge on any atom is -0.507 e. The average Bonchev–Trinajstić information content (AvgIpc) is 2.85. The first-order chi connectivity index (χ1) is 17.4. The van der Waals surface area contributed by atoms with Crippen LogP contribution >= 0.6 is 0 Å². The van der Waals surface area contributed by atoms with Crippen molar-refractivity contribution in [2.75, 3.05) is 25.1 Å². The molecule has 0 unspecified atom stereocenters. The van der Waals surface area contributed by atoms with Gasteiger partial charge in [-0.25, -0.2) is 9.59 Å². The minimum atomic E-state index is -0.650. The fourth-order valence-electron chi connectivity index (χ4n) is 3.55. The van der Waals surface area contributed by atoms with Gasteiger partial charge in [-0.05, 0) is 55.5 Å². The van der Waals surface area contributed by atoms with E-state index in [1.54, 1.807) is 37.3 Å². The van der Waals surface area contributed by atoms with E-state index in [9.17, 15) is 19.5 Å². The Bertz CT molecular complexity index is 1120. The van der Waals surface area contributed by atoms with Crippen LogP contribution in [0.3, 0.4) is 0 Å². The van der Waals surface area contributed by atoms with Crippen LogP contribution in [-0.4, -0.2) is 42.6 Å². The molecule has 190 valence electrons. The first-order valence-electron chi connectivity index (χ1n) is 12.0. The van der Waals surface area contributed by atoms with Gasteiger partial charge in [-0.2, -0.15) is 0 Å². The average molecular weight is 493 g/mol. The summed E-state index contributed by atoms with van der Waals surface area (Å²) in [5.41, 5.74) is 2.02. The van der Waals surface area contributed by atoms with Crippen molar-refractivity contribution >= 4 is 29.5 Å². The van der Waals surface area contributed by atoms with Crippen LogP contribution in [0.4, 0.5) is 10.5 Å². The number of nitrogens with one attached hydrogen (secondary N) is 2. The molecule has 2 amide bonds. The number of carbonyl (C=O) groups excluding carboxylic acids is 3. The number of phenolic OH excluding ortho intramolecular Hbond substituents is 1. The molecule has 1 aliphatic rings. The van der Waals surface area contributed by atoms with Crippen LogP contribution in [0.15, 0.2) is 60.2 Å². The van der Waals surface area contributed by atoms with Crippen molar-refractivity contribution in [3.8, 4) is 11.5 Å². The maximum Gasteiger partial charge on any atom is 0.342 e. The Labute approximate surface area is 211 Å². The highest BCUT2D eigenvalue weighted by Crippen LogP contribution is 2.30. The summed E-state index contributed by atoms with van der Waals surface area (Å²) in [4.78, 5) is 36.6. The Kier molecular flexibility index (Phi) is 10.1. The van der Waals surface area contributed by atoms with Crippen molar-refractivity contribution in [1.82, 2.24) is 5.32 Å². The summed E-state index contributed by atoms with van der Waals surface area (Å²) in [7, 11) is 0. The summed E-state index contributed by atoms with van der Waals surface area (Å²) in [6.45, 7) is 2.53. The van der Waals surface area contributed by atoms with E-state index in [1.807, 2.05) is 24.3 Å². The number of ketones is 1. The largest absolute Gasteiger partial charge is 0.507 e. The van der Waals surface area contributed by atoms with E-state index in [0.29, 0.717) is 62.3 Å². The number of hydrogen-bond donors (Lipinski definition) is 3. The predicted molar refractivity (Wildman–Crippen MR) is 138 cm³/mol. The number of phenols is 1. The maximum atomic E-state index is 12.7. The number of aromatic hydroxyl groups is 1. The summed E-state index contributed by atoms with van der Waals surface area (Å²) in [5.74, 6) is -0.346. The number of rotatable bonds is 6. The van der Waals surface area contributed by atoms with Crippen LogP contribution in [0.25, 0.3) is 6.08 Å². The zero-order chi connectivity index (χ0) is 25.8. The molecule has 0 atom stereocenters. The number of esters is 1. The van der Waals surface area contributed by atoms with E-state index >= 15 is 0 Å². The quantitative estimate of drug-likeness (QED) is 0.289. The second-order valence-electron chi connectivity index (χ2n) is 8.52. The number of hydrogen-bond acceptors (Lipinski definition) is 6. The Balaban J connectivity index is 1.59. The molecule has 0 fully saturated rings. The number of carbonyl (C=O) groups is 3. The third-order valence-corrected chi connectivity index (χ3v) is 5.47. The van der Waals surface area contributed by atoms with Crippen LogP contribution in [0.1, 0.15) is 54.9 Å². The fourth-order valence-corrected chi connectivity index (χ4v) is 3.55. The summed E-state index contributed by atoms with van der Waals surface area (Å²) >= 11 is 0. The summed E-state index contributed by atoms with van der Waals surface area (Å²) in [6.07, 6.45) is 8.07. The standard InChI is InChI=1S/C28H32N2O6/c1-20-13-14-23(31)12-7-2-4-9-21-17-24(18-25(32)26(21)27(33)36-19-20)35-16-8-15-29-28(34)30-22-10-5-3-6-11-22/h3-6,9-11,13,17-18,32H,2,7-8,12,14-16,19H2,1H3,(H2,29,30,34). The van der Waals surface area contributed by atoms with Crippen molar-refractivity contribution in [2.45, 2.75) is 39.0 Å². The SMILES string of the molecule is CC1=CCC(=O)CCCC=Cc2cc(OCCCNC(=O)Nc3ccccc3)cc(O)c2C(=O)OC1. The molecule has 0 aliphatic carbocycles. The first-order valence-corrected chi connectivity index (χ1v) is 12.0. The molecule has 0 radical (unpaired) electrons. The zero-order valence-electron chi connectivity index (χ0n) is 20.4. The molecule has 36 heavy (non-hydrogen) atoms. The Morgan fingerprint density at radius 2 is 1.97 bits per heavy atom. The smallest absolute Gasteiger partial charge is 0.342 e. The van der Waals surface area contributed by atoms with Gasteiger partial charge in [0.15, 0.2) is 0 Å². The molecular formula is C28H32N2O6. The molecule has 0 saturated heterocycles. The Hall–Kier alpha value is -4.07. The molecule has 3 N–H and O–H groups in total. The number of anilines is 1. The molecule has 1 heterocycles. The highest BCUT2D eigenvalue weighted by atomic mass is 16.5. The van der Waals surface area contributed by atoms with Crippen molar-refractivity contribution in [3.63, 3.8) is 0 Å². The van der Waals surface area contributed by atoms with E-state index in [2.05, 4.69) is 10.6 Å². The number of Topliss-reactive ketones (excluding diaryl/α,β-unsaturated/α-hetero) is 1. The number of fused-ring (bicyclic) bond motifs is 1. The lowest BCUT2D eigenvalue weighted by Gasteiger charge is -2.13. The first kappa shape index (κ1) is 26.5. The van der Waals surface area contributed by atoms with Gasteiger partial charge in [0.05, 0.1) is 6.61 Å². The molecule has 8 nitrogen and oxygen atoms in total. The third kappa shape index (κ3) is 8.61. The van der Waals surface area contributed by atoms with E-state index in [1.165, 1.54) is 6.07 Å². The van der Waals surface area contributed by atoms with Gasteiger partial charge in [0.1, 0.15) is 29.5 Å². The second-order valence-corrected chi connectivity index (χ2v) is 8.52. The number of para-hydroxylation sites is 1. The number of allylic oxidation sites excluding steroid dienone is 2. The van der Waals surface area contributed by atoms with Crippen LogP contribution < -0.4 is 15.4 Å². The monoisotopic (exact) mass is 492 g/mol. The summed E-state index contributed by atoms with van der Waals surface area (Å²) in [5, 5.41) is 16.1. The van der Waals surface area contributed by atoms with Gasteiger partial charge >= 0.3 is 12.0 Å². The topological polar surface area (TPSA) is 114 Å².